The first kappa shape index (κ1) is 14.3. The second-order valence-electron chi connectivity index (χ2n) is 4.16. The van der Waals surface area contributed by atoms with Crippen molar-refractivity contribution in [2.45, 2.75) is 24.3 Å². The number of hydrogen-bond acceptors (Lipinski definition) is 4. The fourth-order valence-electron chi connectivity index (χ4n) is 1.01. The SMILES string of the molecule is COC(C)(C)COc1ccc(S(=O)(=O)Cl)cc1. The summed E-state index contributed by atoms with van der Waals surface area (Å²) in [6.45, 7) is 4.16. The molecule has 6 heteroatoms. The summed E-state index contributed by atoms with van der Waals surface area (Å²) in [5.41, 5.74) is -0.392. The Hall–Kier alpha value is -0.780. The van der Waals surface area contributed by atoms with Crippen LogP contribution in [0.3, 0.4) is 0 Å². The average molecular weight is 279 g/mol. The van der Waals surface area contributed by atoms with E-state index in [-0.39, 0.29) is 4.90 Å². The Morgan fingerprint density at radius 2 is 1.76 bits per heavy atom. The molecule has 96 valence electrons. The van der Waals surface area contributed by atoms with Gasteiger partial charge in [0.15, 0.2) is 0 Å². The summed E-state index contributed by atoms with van der Waals surface area (Å²) in [6.07, 6.45) is 0. The summed E-state index contributed by atoms with van der Waals surface area (Å²) in [5.74, 6) is 0.569. The summed E-state index contributed by atoms with van der Waals surface area (Å²) in [5, 5.41) is 0. The first-order valence-electron chi connectivity index (χ1n) is 4.97. The zero-order chi connectivity index (χ0) is 13.1. The molecule has 0 fully saturated rings. The molecule has 0 aromatic heterocycles. The van der Waals surface area contributed by atoms with Gasteiger partial charge in [-0.2, -0.15) is 0 Å². The third-order valence-electron chi connectivity index (χ3n) is 2.24. The molecule has 1 rings (SSSR count). The number of ether oxygens (including phenoxy) is 2. The Morgan fingerprint density at radius 1 is 1.24 bits per heavy atom. The number of hydrogen-bond donors (Lipinski definition) is 0. The van der Waals surface area contributed by atoms with Crippen LogP contribution in [0.15, 0.2) is 29.2 Å². The minimum atomic E-state index is -3.68. The van der Waals surface area contributed by atoms with Crippen molar-refractivity contribution < 1.29 is 17.9 Å². The molecule has 0 atom stereocenters. The number of rotatable bonds is 5. The van der Waals surface area contributed by atoms with Crippen LogP contribution in [0.4, 0.5) is 0 Å². The molecule has 0 saturated carbocycles. The van der Waals surface area contributed by atoms with Crippen molar-refractivity contribution >= 4 is 19.7 Å². The quantitative estimate of drug-likeness (QED) is 0.776. The molecule has 0 N–H and O–H groups in total. The van der Waals surface area contributed by atoms with Gasteiger partial charge in [-0.05, 0) is 38.1 Å². The van der Waals surface area contributed by atoms with Gasteiger partial charge < -0.3 is 9.47 Å². The van der Waals surface area contributed by atoms with E-state index in [1.807, 2.05) is 13.8 Å². The molecule has 0 saturated heterocycles. The monoisotopic (exact) mass is 278 g/mol. The number of halogens is 1. The summed E-state index contributed by atoms with van der Waals surface area (Å²) >= 11 is 0. The fourth-order valence-corrected chi connectivity index (χ4v) is 1.78. The van der Waals surface area contributed by atoms with E-state index in [9.17, 15) is 8.42 Å². The van der Waals surface area contributed by atoms with E-state index in [1.54, 1.807) is 19.2 Å². The minimum Gasteiger partial charge on any atom is -0.491 e. The Morgan fingerprint density at radius 3 is 2.18 bits per heavy atom. The predicted octanol–water partition coefficient (Wildman–Crippen LogP) is 2.42. The third-order valence-corrected chi connectivity index (χ3v) is 3.61. The normalized spacial score (nSPS) is 12.5. The van der Waals surface area contributed by atoms with Crippen LogP contribution >= 0.6 is 10.7 Å². The zero-order valence-electron chi connectivity index (χ0n) is 9.94. The van der Waals surface area contributed by atoms with Gasteiger partial charge in [0.1, 0.15) is 12.4 Å². The first-order chi connectivity index (χ1) is 7.74. The molecule has 0 bridgehead atoms. The highest BCUT2D eigenvalue weighted by molar-refractivity contribution is 8.13. The number of methoxy groups -OCH3 is 1. The average Bonchev–Trinajstić information content (AvgIpc) is 2.26. The Labute approximate surface area is 106 Å². The Bertz CT molecular complexity index is 465. The summed E-state index contributed by atoms with van der Waals surface area (Å²) < 4.78 is 32.7. The molecule has 0 spiro atoms. The highest BCUT2D eigenvalue weighted by atomic mass is 35.7. The van der Waals surface area contributed by atoms with Crippen molar-refractivity contribution in [2.24, 2.45) is 0 Å². The smallest absolute Gasteiger partial charge is 0.261 e. The zero-order valence-corrected chi connectivity index (χ0v) is 11.5. The third kappa shape index (κ3) is 4.53. The summed E-state index contributed by atoms with van der Waals surface area (Å²) in [6, 6.07) is 5.91. The van der Waals surface area contributed by atoms with E-state index < -0.39 is 14.7 Å². The molecular weight excluding hydrogens is 264 g/mol. The van der Waals surface area contributed by atoms with Crippen LogP contribution in [0, 0.1) is 0 Å². The Balaban J connectivity index is 2.70. The van der Waals surface area contributed by atoms with Crippen molar-refractivity contribution in [3.05, 3.63) is 24.3 Å². The predicted molar refractivity (Wildman–Crippen MR) is 66.1 cm³/mol. The maximum Gasteiger partial charge on any atom is 0.261 e. The van der Waals surface area contributed by atoms with Gasteiger partial charge in [-0.25, -0.2) is 8.42 Å². The summed E-state index contributed by atoms with van der Waals surface area (Å²) in [4.78, 5) is 0.0533. The lowest BCUT2D eigenvalue weighted by Gasteiger charge is -2.22. The Kier molecular flexibility index (Phi) is 4.41. The van der Waals surface area contributed by atoms with E-state index in [0.29, 0.717) is 12.4 Å². The fraction of sp³-hybridized carbons (Fsp3) is 0.455. The first-order valence-corrected chi connectivity index (χ1v) is 7.28. The minimum absolute atomic E-state index is 0.0533. The van der Waals surface area contributed by atoms with Gasteiger partial charge in [-0.3, -0.25) is 0 Å². The highest BCUT2D eigenvalue weighted by Gasteiger charge is 2.17. The molecule has 0 aliphatic carbocycles. The molecular formula is C11H15ClO4S. The van der Waals surface area contributed by atoms with Gasteiger partial charge in [0.2, 0.25) is 0 Å². The molecule has 1 aromatic carbocycles. The van der Waals surface area contributed by atoms with Crippen LogP contribution in [-0.4, -0.2) is 27.7 Å². The van der Waals surface area contributed by atoms with Gasteiger partial charge in [0.05, 0.1) is 10.5 Å². The van der Waals surface area contributed by atoms with Crippen LogP contribution in [-0.2, 0) is 13.8 Å². The van der Waals surface area contributed by atoms with Crippen molar-refractivity contribution in [2.75, 3.05) is 13.7 Å². The highest BCUT2D eigenvalue weighted by Crippen LogP contribution is 2.20. The maximum atomic E-state index is 11.0. The van der Waals surface area contributed by atoms with Gasteiger partial charge in [-0.1, -0.05) is 0 Å². The van der Waals surface area contributed by atoms with Gasteiger partial charge in [0.25, 0.3) is 9.05 Å². The molecule has 0 aliphatic heterocycles. The van der Waals surface area contributed by atoms with E-state index in [2.05, 4.69) is 0 Å². The van der Waals surface area contributed by atoms with Crippen LogP contribution in [0.2, 0.25) is 0 Å². The second-order valence-corrected chi connectivity index (χ2v) is 6.73. The number of benzene rings is 1. The molecule has 0 heterocycles. The molecule has 0 aliphatic rings. The van der Waals surface area contributed by atoms with Crippen molar-refractivity contribution in [1.82, 2.24) is 0 Å². The molecule has 4 nitrogen and oxygen atoms in total. The second kappa shape index (κ2) is 5.25. The lowest BCUT2D eigenvalue weighted by molar-refractivity contribution is -0.0146. The van der Waals surface area contributed by atoms with Gasteiger partial charge in [-0.15, -0.1) is 0 Å². The van der Waals surface area contributed by atoms with Crippen LogP contribution in [0.5, 0.6) is 5.75 Å². The van der Waals surface area contributed by atoms with Crippen LogP contribution in [0.25, 0.3) is 0 Å². The maximum absolute atomic E-state index is 11.0. The van der Waals surface area contributed by atoms with Crippen molar-refractivity contribution in [3.8, 4) is 5.75 Å². The van der Waals surface area contributed by atoms with Crippen LogP contribution in [0.1, 0.15) is 13.8 Å². The standard InChI is InChI=1S/C11H15ClO4S/c1-11(2,15-3)8-16-9-4-6-10(7-5-9)17(12,13)14/h4-7H,8H2,1-3H3. The summed E-state index contributed by atoms with van der Waals surface area (Å²) in [7, 11) is 3.12. The van der Waals surface area contributed by atoms with Gasteiger partial charge >= 0.3 is 0 Å². The van der Waals surface area contributed by atoms with E-state index in [4.69, 9.17) is 20.2 Å². The molecule has 1 aromatic rings. The van der Waals surface area contributed by atoms with E-state index in [0.717, 1.165) is 0 Å². The van der Waals surface area contributed by atoms with E-state index in [1.165, 1.54) is 12.1 Å². The molecule has 0 unspecified atom stereocenters. The topological polar surface area (TPSA) is 52.6 Å². The van der Waals surface area contributed by atoms with E-state index >= 15 is 0 Å². The lowest BCUT2D eigenvalue weighted by atomic mass is 10.1. The molecule has 17 heavy (non-hydrogen) atoms. The lowest BCUT2D eigenvalue weighted by Crippen LogP contribution is -2.30. The van der Waals surface area contributed by atoms with Gasteiger partial charge in [0, 0.05) is 17.8 Å². The molecule has 0 amide bonds. The van der Waals surface area contributed by atoms with Crippen molar-refractivity contribution in [3.63, 3.8) is 0 Å². The van der Waals surface area contributed by atoms with Crippen LogP contribution < -0.4 is 4.74 Å². The van der Waals surface area contributed by atoms with Crippen molar-refractivity contribution in [1.29, 1.82) is 0 Å². The largest absolute Gasteiger partial charge is 0.491 e. The molecule has 0 radical (unpaired) electrons.